The highest BCUT2D eigenvalue weighted by molar-refractivity contribution is 6.07. The number of aromatic hydroxyl groups is 1. The normalized spacial score (nSPS) is 19.2. The van der Waals surface area contributed by atoms with Gasteiger partial charge in [0.05, 0.1) is 6.61 Å². The highest BCUT2D eigenvalue weighted by Gasteiger charge is 2.45. The summed E-state index contributed by atoms with van der Waals surface area (Å²) in [6, 6.07) is 15.1. The molecule has 0 saturated heterocycles. The van der Waals surface area contributed by atoms with Crippen LogP contribution in [0.2, 0.25) is 0 Å². The molecule has 1 spiro atoms. The molecule has 26 heavy (non-hydrogen) atoms. The van der Waals surface area contributed by atoms with Gasteiger partial charge in [-0.1, -0.05) is 43.5 Å². The molecule has 3 aromatic carbocycles. The van der Waals surface area contributed by atoms with Crippen molar-refractivity contribution in [3.8, 4) is 22.6 Å². The molecular weight excluding hydrogens is 320 g/mol. The van der Waals surface area contributed by atoms with Gasteiger partial charge in [0.2, 0.25) is 0 Å². The molecule has 1 N–H and O–H groups in total. The van der Waals surface area contributed by atoms with Gasteiger partial charge < -0.3 is 9.84 Å². The first kappa shape index (κ1) is 14.7. The van der Waals surface area contributed by atoms with Crippen LogP contribution < -0.4 is 4.74 Å². The van der Waals surface area contributed by atoms with E-state index in [4.69, 9.17) is 4.74 Å². The van der Waals surface area contributed by atoms with Crippen LogP contribution in [0.5, 0.6) is 11.5 Å². The van der Waals surface area contributed by atoms with Crippen molar-refractivity contribution >= 4 is 10.8 Å². The summed E-state index contributed by atoms with van der Waals surface area (Å²) >= 11 is 0. The number of hydrogen-bond donors (Lipinski definition) is 1. The lowest BCUT2D eigenvalue weighted by Gasteiger charge is -2.36. The van der Waals surface area contributed by atoms with Crippen molar-refractivity contribution in [3.05, 3.63) is 59.2 Å². The van der Waals surface area contributed by atoms with E-state index in [-0.39, 0.29) is 5.41 Å². The molecule has 0 atom stereocenters. The zero-order valence-electron chi connectivity index (χ0n) is 14.8. The SMILES string of the molecule is Oc1cc2c(c3c4c(ccc13)OCC4)-c1ccccc1C21CCCCC1. The van der Waals surface area contributed by atoms with Gasteiger partial charge in [0, 0.05) is 28.2 Å². The van der Waals surface area contributed by atoms with E-state index in [1.165, 1.54) is 65.3 Å². The Kier molecular flexibility index (Phi) is 2.84. The van der Waals surface area contributed by atoms with Crippen molar-refractivity contribution in [3.63, 3.8) is 0 Å². The van der Waals surface area contributed by atoms with Gasteiger partial charge in [-0.2, -0.15) is 0 Å². The molecule has 2 heteroatoms. The molecule has 130 valence electrons. The first-order valence-corrected chi connectivity index (χ1v) is 9.84. The minimum absolute atomic E-state index is 0.0814. The molecule has 1 aliphatic heterocycles. The van der Waals surface area contributed by atoms with Crippen molar-refractivity contribution in [1.29, 1.82) is 0 Å². The molecule has 3 aliphatic rings. The topological polar surface area (TPSA) is 29.5 Å². The zero-order valence-corrected chi connectivity index (χ0v) is 14.8. The first-order valence-electron chi connectivity index (χ1n) is 9.84. The number of ether oxygens (including phenoxy) is 1. The monoisotopic (exact) mass is 342 g/mol. The molecule has 0 aromatic heterocycles. The summed E-state index contributed by atoms with van der Waals surface area (Å²) in [6.45, 7) is 0.742. The molecular formula is C24H22O2. The fourth-order valence-electron chi connectivity index (χ4n) is 5.81. The van der Waals surface area contributed by atoms with Gasteiger partial charge in [0.25, 0.3) is 0 Å². The van der Waals surface area contributed by atoms with E-state index in [2.05, 4.69) is 30.3 Å². The van der Waals surface area contributed by atoms with Crippen molar-refractivity contribution in [2.45, 2.75) is 43.9 Å². The third kappa shape index (κ3) is 1.68. The van der Waals surface area contributed by atoms with Crippen molar-refractivity contribution in [2.24, 2.45) is 0 Å². The molecule has 1 fully saturated rings. The van der Waals surface area contributed by atoms with Gasteiger partial charge in [-0.3, -0.25) is 0 Å². The number of rotatable bonds is 0. The van der Waals surface area contributed by atoms with E-state index >= 15 is 0 Å². The number of fused-ring (bicyclic) bond motifs is 9. The lowest BCUT2D eigenvalue weighted by atomic mass is 9.67. The summed E-state index contributed by atoms with van der Waals surface area (Å²) in [7, 11) is 0. The Balaban J connectivity index is 1.80. The molecule has 2 nitrogen and oxygen atoms in total. The Morgan fingerprint density at radius 1 is 0.923 bits per heavy atom. The number of benzene rings is 3. The van der Waals surface area contributed by atoms with Crippen LogP contribution in [0.25, 0.3) is 21.9 Å². The second-order valence-corrected chi connectivity index (χ2v) is 8.07. The van der Waals surface area contributed by atoms with E-state index < -0.39 is 0 Å². The van der Waals surface area contributed by atoms with E-state index in [1.54, 1.807) is 0 Å². The van der Waals surface area contributed by atoms with Crippen molar-refractivity contribution in [1.82, 2.24) is 0 Å². The zero-order chi connectivity index (χ0) is 17.3. The molecule has 6 rings (SSSR count). The maximum absolute atomic E-state index is 10.9. The van der Waals surface area contributed by atoms with Gasteiger partial charge in [-0.15, -0.1) is 0 Å². The van der Waals surface area contributed by atoms with Crippen LogP contribution in [-0.4, -0.2) is 11.7 Å². The molecule has 1 heterocycles. The third-order valence-corrected chi connectivity index (χ3v) is 6.89. The van der Waals surface area contributed by atoms with Gasteiger partial charge in [0.1, 0.15) is 11.5 Å². The molecule has 3 aromatic rings. The second kappa shape index (κ2) is 5.03. The minimum atomic E-state index is 0.0814. The fraction of sp³-hybridized carbons (Fsp3) is 0.333. The first-order chi connectivity index (χ1) is 12.8. The van der Waals surface area contributed by atoms with Crippen LogP contribution in [0.3, 0.4) is 0 Å². The average molecular weight is 342 g/mol. The van der Waals surface area contributed by atoms with Gasteiger partial charge in [-0.25, -0.2) is 0 Å². The van der Waals surface area contributed by atoms with Gasteiger partial charge in [-0.05, 0) is 53.3 Å². The van der Waals surface area contributed by atoms with E-state index in [9.17, 15) is 5.11 Å². The minimum Gasteiger partial charge on any atom is -0.507 e. The number of hydrogen-bond acceptors (Lipinski definition) is 2. The summed E-state index contributed by atoms with van der Waals surface area (Å²) in [5, 5.41) is 13.1. The Labute approximate surface area is 153 Å². The largest absolute Gasteiger partial charge is 0.507 e. The third-order valence-electron chi connectivity index (χ3n) is 6.89. The molecule has 0 radical (unpaired) electrons. The van der Waals surface area contributed by atoms with Crippen LogP contribution >= 0.6 is 0 Å². The predicted octanol–water partition coefficient (Wildman–Crippen LogP) is 5.71. The molecule has 1 saturated carbocycles. The number of phenols is 1. The summed E-state index contributed by atoms with van der Waals surface area (Å²) < 4.78 is 5.85. The van der Waals surface area contributed by atoms with Gasteiger partial charge in [0.15, 0.2) is 0 Å². The Hall–Kier alpha value is -2.48. The van der Waals surface area contributed by atoms with Crippen LogP contribution in [-0.2, 0) is 11.8 Å². The Morgan fingerprint density at radius 3 is 2.65 bits per heavy atom. The predicted molar refractivity (Wildman–Crippen MR) is 104 cm³/mol. The lowest BCUT2D eigenvalue weighted by Crippen LogP contribution is -2.28. The summed E-state index contributed by atoms with van der Waals surface area (Å²) in [5.41, 5.74) is 6.91. The fourth-order valence-corrected chi connectivity index (χ4v) is 5.81. The molecule has 2 aliphatic carbocycles. The molecule has 0 unspecified atom stereocenters. The Bertz CT molecular complexity index is 1060. The van der Waals surface area contributed by atoms with Crippen LogP contribution in [0.15, 0.2) is 42.5 Å². The second-order valence-electron chi connectivity index (χ2n) is 8.07. The van der Waals surface area contributed by atoms with Crippen LogP contribution in [0.1, 0.15) is 48.8 Å². The quantitative estimate of drug-likeness (QED) is 0.567. The smallest absolute Gasteiger partial charge is 0.123 e. The maximum atomic E-state index is 10.9. The van der Waals surface area contributed by atoms with E-state index in [1.807, 2.05) is 12.1 Å². The molecule has 0 amide bonds. The van der Waals surface area contributed by atoms with Crippen LogP contribution in [0.4, 0.5) is 0 Å². The average Bonchev–Trinajstić information content (AvgIpc) is 3.26. The highest BCUT2D eigenvalue weighted by atomic mass is 16.5. The van der Waals surface area contributed by atoms with Gasteiger partial charge >= 0.3 is 0 Å². The number of phenolic OH excluding ortho intramolecular Hbond substituents is 1. The Morgan fingerprint density at radius 2 is 1.77 bits per heavy atom. The molecule has 0 bridgehead atoms. The lowest BCUT2D eigenvalue weighted by molar-refractivity contribution is 0.351. The summed E-state index contributed by atoms with van der Waals surface area (Å²) in [4.78, 5) is 0. The van der Waals surface area contributed by atoms with E-state index in [0.717, 1.165) is 24.2 Å². The standard InChI is InChI=1S/C24H22O2/c25-20-14-19-23(22-16(20)8-9-21-17(22)10-13-26-21)15-6-2-3-7-18(15)24(19)11-4-1-5-12-24/h2-3,6-9,14,25H,1,4-5,10-13H2. The van der Waals surface area contributed by atoms with Crippen molar-refractivity contribution in [2.75, 3.05) is 6.61 Å². The van der Waals surface area contributed by atoms with Crippen LogP contribution in [0, 0.1) is 0 Å². The summed E-state index contributed by atoms with van der Waals surface area (Å²) in [5.74, 6) is 1.42. The van der Waals surface area contributed by atoms with E-state index in [0.29, 0.717) is 5.75 Å². The summed E-state index contributed by atoms with van der Waals surface area (Å²) in [6.07, 6.45) is 7.16. The maximum Gasteiger partial charge on any atom is 0.123 e. The van der Waals surface area contributed by atoms with Crippen molar-refractivity contribution < 1.29 is 9.84 Å². The highest BCUT2D eigenvalue weighted by Crippen LogP contribution is 2.59.